The van der Waals surface area contributed by atoms with Gasteiger partial charge in [0.15, 0.2) is 11.6 Å². The number of fused-ring (bicyclic) bond motifs is 1. The molecular weight excluding hydrogens is 423 g/mol. The first-order valence-corrected chi connectivity index (χ1v) is 9.92. The average molecular weight is 443 g/mol. The summed E-state index contributed by atoms with van der Waals surface area (Å²) in [7, 11) is 3.09. The van der Waals surface area contributed by atoms with Crippen LogP contribution < -0.4 is 15.4 Å². The van der Waals surface area contributed by atoms with Crippen LogP contribution in [0.15, 0.2) is 42.5 Å². The molecule has 0 radical (unpaired) electrons. The summed E-state index contributed by atoms with van der Waals surface area (Å²) in [6.45, 7) is 1.81. The molecule has 2 atom stereocenters. The zero-order valence-corrected chi connectivity index (χ0v) is 17.8. The van der Waals surface area contributed by atoms with E-state index in [1.807, 2.05) is 0 Å². The number of rotatable bonds is 4. The van der Waals surface area contributed by atoms with E-state index < -0.39 is 29.6 Å². The Balaban J connectivity index is 1.79. The maximum atomic E-state index is 14.5. The van der Waals surface area contributed by atoms with E-state index in [2.05, 4.69) is 15.7 Å². The van der Waals surface area contributed by atoms with Crippen molar-refractivity contribution in [3.05, 3.63) is 75.7 Å². The first-order valence-electron chi connectivity index (χ1n) is 9.54. The monoisotopic (exact) mass is 442 g/mol. The van der Waals surface area contributed by atoms with Crippen molar-refractivity contribution in [2.75, 3.05) is 12.4 Å². The highest BCUT2D eigenvalue weighted by Crippen LogP contribution is 2.40. The third-order valence-corrected chi connectivity index (χ3v) is 5.62. The second kappa shape index (κ2) is 8.03. The van der Waals surface area contributed by atoms with Crippen molar-refractivity contribution in [3.8, 4) is 5.75 Å². The predicted molar refractivity (Wildman–Crippen MR) is 114 cm³/mol. The minimum absolute atomic E-state index is 0.0916. The highest BCUT2D eigenvalue weighted by atomic mass is 35.5. The van der Waals surface area contributed by atoms with E-state index in [0.717, 1.165) is 0 Å². The van der Waals surface area contributed by atoms with E-state index in [1.54, 1.807) is 49.0 Å². The molecule has 2 aromatic carbocycles. The number of benzene rings is 2. The summed E-state index contributed by atoms with van der Waals surface area (Å²) in [6, 6.07) is 9.85. The van der Waals surface area contributed by atoms with E-state index in [0.29, 0.717) is 33.2 Å². The molecule has 1 aromatic heterocycles. The van der Waals surface area contributed by atoms with Crippen LogP contribution in [0.3, 0.4) is 0 Å². The first-order chi connectivity index (χ1) is 14.8. The number of nitrogens with one attached hydrogen (secondary N) is 2. The number of halogens is 2. The third kappa shape index (κ3) is 3.74. The van der Waals surface area contributed by atoms with Crippen LogP contribution >= 0.6 is 11.6 Å². The van der Waals surface area contributed by atoms with Gasteiger partial charge in [-0.05, 0) is 48.9 Å². The van der Waals surface area contributed by atoms with Crippen LogP contribution in [0.1, 0.15) is 33.1 Å². The molecule has 3 aromatic rings. The largest absolute Gasteiger partial charge is 0.494 e. The number of anilines is 1. The molecule has 0 saturated heterocycles. The Labute approximate surface area is 183 Å². The van der Waals surface area contributed by atoms with Crippen LogP contribution in [0.25, 0.3) is 0 Å². The van der Waals surface area contributed by atoms with Gasteiger partial charge in [0.05, 0.1) is 12.8 Å². The summed E-state index contributed by atoms with van der Waals surface area (Å²) >= 11 is 5.90. The Kier molecular flexibility index (Phi) is 5.41. The Morgan fingerprint density at radius 2 is 1.97 bits per heavy atom. The fourth-order valence-corrected chi connectivity index (χ4v) is 4.04. The molecule has 0 fully saturated rings. The lowest BCUT2D eigenvalue weighted by Gasteiger charge is -2.32. The zero-order chi connectivity index (χ0) is 22.3. The van der Waals surface area contributed by atoms with Gasteiger partial charge in [0, 0.05) is 29.1 Å². The molecule has 160 valence electrons. The standard InChI is InChI=1S/C22H20ClFN4O3/c1-11-17-18(13-6-9-16(31-3)15(24)10-13)19(22(30)26-20(17)28(2)27-11)25-21(29)12-4-7-14(23)8-5-12/h4-10,18-19H,1-3H3,(H,25,29)(H,26,30)/t18-,19+/m1/s1. The molecule has 0 spiro atoms. The predicted octanol–water partition coefficient (Wildman–Crippen LogP) is 3.41. The Bertz CT molecular complexity index is 1180. The summed E-state index contributed by atoms with van der Waals surface area (Å²) < 4.78 is 21.1. The molecular formula is C22H20ClFN4O3. The van der Waals surface area contributed by atoms with Crippen LogP contribution in [-0.2, 0) is 11.8 Å². The number of nitrogens with zero attached hydrogens (tertiary/aromatic N) is 2. The molecule has 4 rings (SSSR count). The SMILES string of the molecule is COc1ccc([C@@H]2c3c(C)nn(C)c3NC(=O)[C@H]2NC(=O)c2ccc(Cl)cc2)cc1F. The van der Waals surface area contributed by atoms with Crippen molar-refractivity contribution >= 4 is 29.2 Å². The Hall–Kier alpha value is -3.39. The maximum absolute atomic E-state index is 14.5. The average Bonchev–Trinajstić information content (AvgIpc) is 3.02. The van der Waals surface area contributed by atoms with Gasteiger partial charge in [-0.3, -0.25) is 14.3 Å². The quantitative estimate of drug-likeness (QED) is 0.648. The Morgan fingerprint density at radius 1 is 1.26 bits per heavy atom. The fraction of sp³-hybridized carbons (Fsp3) is 0.227. The summed E-state index contributed by atoms with van der Waals surface area (Å²) in [6.07, 6.45) is 0. The summed E-state index contributed by atoms with van der Waals surface area (Å²) in [5.74, 6) is -1.46. The van der Waals surface area contributed by atoms with Gasteiger partial charge in [-0.25, -0.2) is 4.39 Å². The number of carbonyl (C=O) groups excluding carboxylic acids is 2. The van der Waals surface area contributed by atoms with Crippen LogP contribution in [0.5, 0.6) is 5.75 Å². The number of carbonyl (C=O) groups is 2. The smallest absolute Gasteiger partial charge is 0.251 e. The number of amides is 2. The topological polar surface area (TPSA) is 85.2 Å². The lowest BCUT2D eigenvalue weighted by atomic mass is 9.81. The normalized spacial score (nSPS) is 17.6. The molecule has 0 aliphatic carbocycles. The van der Waals surface area contributed by atoms with Crippen molar-refractivity contribution < 1.29 is 18.7 Å². The molecule has 2 heterocycles. The fourth-order valence-electron chi connectivity index (χ4n) is 3.92. The van der Waals surface area contributed by atoms with Gasteiger partial charge >= 0.3 is 0 Å². The van der Waals surface area contributed by atoms with E-state index in [9.17, 15) is 14.0 Å². The summed E-state index contributed by atoms with van der Waals surface area (Å²) in [5, 5.41) is 10.5. The minimum Gasteiger partial charge on any atom is -0.494 e. The number of hydrogen-bond acceptors (Lipinski definition) is 4. The van der Waals surface area contributed by atoms with Crippen LogP contribution in [-0.4, -0.2) is 34.7 Å². The summed E-state index contributed by atoms with van der Waals surface area (Å²) in [5.41, 5.74) is 2.26. The molecule has 1 aliphatic heterocycles. The van der Waals surface area contributed by atoms with E-state index in [4.69, 9.17) is 16.3 Å². The van der Waals surface area contributed by atoms with E-state index >= 15 is 0 Å². The highest BCUT2D eigenvalue weighted by Gasteiger charge is 2.41. The number of hydrogen-bond donors (Lipinski definition) is 2. The minimum atomic E-state index is -0.980. The molecule has 0 unspecified atom stereocenters. The summed E-state index contributed by atoms with van der Waals surface area (Å²) in [4.78, 5) is 25.9. The van der Waals surface area contributed by atoms with Crippen molar-refractivity contribution in [2.45, 2.75) is 18.9 Å². The van der Waals surface area contributed by atoms with Gasteiger partial charge < -0.3 is 15.4 Å². The molecule has 2 N–H and O–H groups in total. The molecule has 2 amide bonds. The van der Waals surface area contributed by atoms with Gasteiger partial charge in [0.25, 0.3) is 5.91 Å². The lowest BCUT2D eigenvalue weighted by molar-refractivity contribution is -0.118. The maximum Gasteiger partial charge on any atom is 0.251 e. The Morgan fingerprint density at radius 3 is 2.61 bits per heavy atom. The molecule has 9 heteroatoms. The zero-order valence-electron chi connectivity index (χ0n) is 17.1. The van der Waals surface area contributed by atoms with Crippen molar-refractivity contribution in [3.63, 3.8) is 0 Å². The lowest BCUT2D eigenvalue weighted by Crippen LogP contribution is -2.50. The van der Waals surface area contributed by atoms with Crippen LogP contribution in [0.2, 0.25) is 5.02 Å². The highest BCUT2D eigenvalue weighted by molar-refractivity contribution is 6.30. The van der Waals surface area contributed by atoms with Crippen LogP contribution in [0.4, 0.5) is 10.2 Å². The first kappa shape index (κ1) is 20.9. The molecule has 0 saturated carbocycles. The molecule has 7 nitrogen and oxygen atoms in total. The number of aryl methyl sites for hydroxylation is 2. The molecule has 31 heavy (non-hydrogen) atoms. The molecule has 1 aliphatic rings. The van der Waals surface area contributed by atoms with E-state index in [-0.39, 0.29) is 5.75 Å². The van der Waals surface area contributed by atoms with Crippen molar-refractivity contribution in [1.82, 2.24) is 15.1 Å². The van der Waals surface area contributed by atoms with Gasteiger partial charge in [0.2, 0.25) is 5.91 Å². The van der Waals surface area contributed by atoms with Crippen LogP contribution in [0, 0.1) is 12.7 Å². The van der Waals surface area contributed by atoms with Gasteiger partial charge in [-0.2, -0.15) is 5.10 Å². The number of aromatic nitrogens is 2. The number of methoxy groups -OCH3 is 1. The van der Waals surface area contributed by atoms with Crippen molar-refractivity contribution in [2.24, 2.45) is 7.05 Å². The van der Waals surface area contributed by atoms with Gasteiger partial charge in [-0.1, -0.05) is 17.7 Å². The van der Waals surface area contributed by atoms with Gasteiger partial charge in [-0.15, -0.1) is 0 Å². The third-order valence-electron chi connectivity index (χ3n) is 5.36. The second-order valence-corrected chi connectivity index (χ2v) is 7.73. The molecule has 0 bridgehead atoms. The van der Waals surface area contributed by atoms with Gasteiger partial charge in [0.1, 0.15) is 11.9 Å². The number of ether oxygens (including phenoxy) is 1. The van der Waals surface area contributed by atoms with E-state index in [1.165, 1.54) is 19.2 Å². The van der Waals surface area contributed by atoms with Crippen molar-refractivity contribution in [1.29, 1.82) is 0 Å². The second-order valence-electron chi connectivity index (χ2n) is 7.29.